The third-order valence-corrected chi connectivity index (χ3v) is 2.79. The highest BCUT2D eigenvalue weighted by Gasteiger charge is 2.32. The van der Waals surface area contributed by atoms with Crippen molar-refractivity contribution in [1.82, 2.24) is 10.2 Å². The largest absolute Gasteiger partial charge is 0.480 e. The Hall–Kier alpha value is -1.24. The van der Waals surface area contributed by atoms with Crippen molar-refractivity contribution in [2.45, 2.75) is 31.2 Å². The summed E-state index contributed by atoms with van der Waals surface area (Å²) >= 11 is 0. The van der Waals surface area contributed by atoms with E-state index >= 15 is 0 Å². The molecule has 0 aromatic rings. The monoisotopic (exact) mass is 250 g/mol. The number of carbonyl (C=O) groups excluding carboxylic acids is 1. The van der Waals surface area contributed by atoms with Crippen molar-refractivity contribution in [1.29, 1.82) is 0 Å². The maximum atomic E-state index is 12.8. The standard InChI is InChI=1S/C10H16F2N2O3/c11-7-4-14(5-8(7)12)3-1-2-9(10(16)17)13-6-15/h6-9H,1-5H2,(H,13,15)(H,16,17)/t7-,8-,9?/m0/s1. The number of hydrogen-bond donors (Lipinski definition) is 2. The molecule has 1 aliphatic rings. The molecule has 0 aromatic heterocycles. The van der Waals surface area contributed by atoms with Gasteiger partial charge in [0.05, 0.1) is 0 Å². The zero-order valence-electron chi connectivity index (χ0n) is 9.31. The fourth-order valence-electron chi connectivity index (χ4n) is 1.86. The number of hydrogen-bond acceptors (Lipinski definition) is 3. The van der Waals surface area contributed by atoms with Crippen LogP contribution in [0.2, 0.25) is 0 Å². The summed E-state index contributed by atoms with van der Waals surface area (Å²) in [5, 5.41) is 10.9. The molecule has 1 unspecified atom stereocenters. The van der Waals surface area contributed by atoms with Crippen molar-refractivity contribution in [2.75, 3.05) is 19.6 Å². The third-order valence-electron chi connectivity index (χ3n) is 2.79. The first-order valence-electron chi connectivity index (χ1n) is 5.47. The Morgan fingerprint density at radius 3 is 2.53 bits per heavy atom. The lowest BCUT2D eigenvalue weighted by Crippen LogP contribution is -2.36. The van der Waals surface area contributed by atoms with E-state index in [0.717, 1.165) is 0 Å². The number of rotatable bonds is 7. The van der Waals surface area contributed by atoms with Crippen LogP contribution >= 0.6 is 0 Å². The van der Waals surface area contributed by atoms with Crippen molar-refractivity contribution >= 4 is 12.4 Å². The highest BCUT2D eigenvalue weighted by molar-refractivity contribution is 5.76. The van der Waals surface area contributed by atoms with Gasteiger partial charge in [0.1, 0.15) is 18.4 Å². The van der Waals surface area contributed by atoms with E-state index < -0.39 is 24.4 Å². The van der Waals surface area contributed by atoms with Crippen LogP contribution in [0.3, 0.4) is 0 Å². The summed E-state index contributed by atoms with van der Waals surface area (Å²) in [6.07, 6.45) is -1.84. The molecule has 1 heterocycles. The summed E-state index contributed by atoms with van der Waals surface area (Å²) < 4.78 is 25.7. The van der Waals surface area contributed by atoms with E-state index in [0.29, 0.717) is 19.4 Å². The van der Waals surface area contributed by atoms with Crippen LogP contribution in [0.4, 0.5) is 8.78 Å². The van der Waals surface area contributed by atoms with Gasteiger partial charge in [0, 0.05) is 13.1 Å². The van der Waals surface area contributed by atoms with Gasteiger partial charge in [-0.2, -0.15) is 0 Å². The maximum absolute atomic E-state index is 12.8. The first kappa shape index (κ1) is 13.8. The summed E-state index contributed by atoms with van der Waals surface area (Å²) in [5.41, 5.74) is 0. The van der Waals surface area contributed by atoms with E-state index in [1.807, 2.05) is 0 Å². The number of nitrogens with one attached hydrogen (secondary N) is 1. The minimum atomic E-state index is -1.45. The quantitative estimate of drug-likeness (QED) is 0.622. The summed E-state index contributed by atoms with van der Waals surface area (Å²) in [6.45, 7) is 0.547. The van der Waals surface area contributed by atoms with Crippen molar-refractivity contribution in [3.63, 3.8) is 0 Å². The molecule has 0 bridgehead atoms. The molecule has 1 aliphatic heterocycles. The van der Waals surface area contributed by atoms with E-state index in [-0.39, 0.29) is 19.5 Å². The number of halogens is 2. The predicted octanol–water partition coefficient (Wildman–Crippen LogP) is -0.0424. The summed E-state index contributed by atoms with van der Waals surface area (Å²) in [6, 6.07) is -0.933. The highest BCUT2D eigenvalue weighted by Crippen LogP contribution is 2.17. The normalized spacial score (nSPS) is 26.7. The molecule has 0 aromatic carbocycles. The van der Waals surface area contributed by atoms with Crippen LogP contribution in [0.1, 0.15) is 12.8 Å². The van der Waals surface area contributed by atoms with Gasteiger partial charge < -0.3 is 10.4 Å². The number of carboxylic acid groups (broad SMARTS) is 1. The zero-order chi connectivity index (χ0) is 12.8. The SMILES string of the molecule is O=CNC(CCCN1C[C@H](F)[C@@H](F)C1)C(=O)O. The molecule has 0 saturated carbocycles. The average molecular weight is 250 g/mol. The molecule has 7 heteroatoms. The average Bonchev–Trinajstić information content (AvgIpc) is 2.57. The fraction of sp³-hybridized carbons (Fsp3) is 0.800. The third kappa shape index (κ3) is 4.26. The number of alkyl halides is 2. The second-order valence-electron chi connectivity index (χ2n) is 4.11. The molecule has 0 spiro atoms. The second kappa shape index (κ2) is 6.48. The van der Waals surface area contributed by atoms with E-state index in [4.69, 9.17) is 5.11 Å². The molecular formula is C10H16F2N2O3. The lowest BCUT2D eigenvalue weighted by Gasteiger charge is -2.16. The van der Waals surface area contributed by atoms with Crippen molar-refractivity contribution < 1.29 is 23.5 Å². The fourth-order valence-corrected chi connectivity index (χ4v) is 1.86. The Morgan fingerprint density at radius 2 is 2.06 bits per heavy atom. The summed E-state index contributed by atoms with van der Waals surface area (Å²) in [4.78, 5) is 22.4. The molecule has 1 amide bonds. The first-order valence-corrected chi connectivity index (χ1v) is 5.47. The number of amides is 1. The Bertz CT molecular complexity index is 268. The van der Waals surface area contributed by atoms with Crippen LogP contribution in [0.25, 0.3) is 0 Å². The number of carboxylic acids is 1. The van der Waals surface area contributed by atoms with Gasteiger partial charge in [-0.25, -0.2) is 13.6 Å². The molecular weight excluding hydrogens is 234 g/mol. The highest BCUT2D eigenvalue weighted by atomic mass is 19.2. The maximum Gasteiger partial charge on any atom is 0.326 e. The van der Waals surface area contributed by atoms with Gasteiger partial charge in [-0.15, -0.1) is 0 Å². The molecule has 2 N–H and O–H groups in total. The minimum Gasteiger partial charge on any atom is -0.480 e. The van der Waals surface area contributed by atoms with Crippen molar-refractivity contribution in [3.05, 3.63) is 0 Å². The molecule has 1 fully saturated rings. The first-order chi connectivity index (χ1) is 8.04. The van der Waals surface area contributed by atoms with Crippen LogP contribution in [-0.4, -0.2) is 60.4 Å². The number of likely N-dealkylation sites (tertiary alicyclic amines) is 1. The van der Waals surface area contributed by atoms with Gasteiger partial charge in [0.15, 0.2) is 0 Å². The van der Waals surface area contributed by atoms with Gasteiger partial charge in [-0.1, -0.05) is 0 Å². The molecule has 0 radical (unpaired) electrons. The van der Waals surface area contributed by atoms with Crippen LogP contribution in [0.15, 0.2) is 0 Å². The Balaban J connectivity index is 2.22. The molecule has 0 aliphatic carbocycles. The number of aliphatic carboxylic acids is 1. The van der Waals surface area contributed by atoms with Gasteiger partial charge in [0.25, 0.3) is 0 Å². The van der Waals surface area contributed by atoms with E-state index in [1.165, 1.54) is 0 Å². The molecule has 1 rings (SSSR count). The van der Waals surface area contributed by atoms with Gasteiger partial charge in [-0.05, 0) is 19.4 Å². The van der Waals surface area contributed by atoms with E-state index in [9.17, 15) is 18.4 Å². The van der Waals surface area contributed by atoms with E-state index in [1.54, 1.807) is 4.90 Å². The molecule has 1 saturated heterocycles. The van der Waals surface area contributed by atoms with Gasteiger partial charge >= 0.3 is 5.97 Å². The molecule has 98 valence electrons. The predicted molar refractivity (Wildman–Crippen MR) is 56.1 cm³/mol. The van der Waals surface area contributed by atoms with Crippen LogP contribution in [0.5, 0.6) is 0 Å². The lowest BCUT2D eigenvalue weighted by molar-refractivity contribution is -0.140. The van der Waals surface area contributed by atoms with Crippen LogP contribution < -0.4 is 5.32 Å². The zero-order valence-corrected chi connectivity index (χ0v) is 9.31. The van der Waals surface area contributed by atoms with Crippen LogP contribution in [-0.2, 0) is 9.59 Å². The van der Waals surface area contributed by atoms with Crippen LogP contribution in [0, 0.1) is 0 Å². The van der Waals surface area contributed by atoms with Crippen molar-refractivity contribution in [3.8, 4) is 0 Å². The summed E-state index contributed by atoms with van der Waals surface area (Å²) in [7, 11) is 0. The second-order valence-corrected chi connectivity index (χ2v) is 4.11. The van der Waals surface area contributed by atoms with Crippen molar-refractivity contribution in [2.24, 2.45) is 0 Å². The minimum absolute atomic E-state index is 0.0556. The lowest BCUT2D eigenvalue weighted by atomic mass is 10.1. The smallest absolute Gasteiger partial charge is 0.326 e. The molecule has 3 atom stereocenters. The Labute approximate surface area is 97.8 Å². The molecule has 5 nitrogen and oxygen atoms in total. The van der Waals surface area contributed by atoms with Gasteiger partial charge in [-0.3, -0.25) is 9.69 Å². The number of nitrogens with zero attached hydrogens (tertiary/aromatic N) is 1. The molecule has 17 heavy (non-hydrogen) atoms. The van der Waals surface area contributed by atoms with Gasteiger partial charge in [0.2, 0.25) is 6.41 Å². The number of carbonyl (C=O) groups is 2. The summed E-state index contributed by atoms with van der Waals surface area (Å²) in [5.74, 6) is -1.11. The Morgan fingerprint density at radius 1 is 1.47 bits per heavy atom. The Kier molecular flexibility index (Phi) is 5.27. The topological polar surface area (TPSA) is 69.6 Å². The van der Waals surface area contributed by atoms with E-state index in [2.05, 4.69) is 5.32 Å².